The number of aliphatic hydroxyl groups excluding tert-OH is 1. The van der Waals surface area contributed by atoms with Gasteiger partial charge in [-0.15, -0.1) is 16.9 Å². The highest BCUT2D eigenvalue weighted by atomic mass is 19.1. The molecule has 2 aromatic rings. The van der Waals surface area contributed by atoms with E-state index in [-0.39, 0.29) is 133 Å². The highest BCUT2D eigenvalue weighted by molar-refractivity contribution is 6.02. The minimum absolute atomic E-state index is 0.0194. The topological polar surface area (TPSA) is 464 Å². The number of ketones is 2. The fourth-order valence-electron chi connectivity index (χ4n) is 19.8. The maximum absolute atomic E-state index is 18.2. The van der Waals surface area contributed by atoms with Gasteiger partial charge in [0.25, 0.3) is 0 Å². The van der Waals surface area contributed by atoms with Crippen LogP contribution in [0.25, 0.3) is 0 Å². The molecule has 10 rings (SSSR count). The molecule has 4 saturated carbocycles. The molecule has 3 unspecified atom stereocenters. The summed E-state index contributed by atoms with van der Waals surface area (Å²) in [6.07, 6.45) is 7.39. The number of rotatable bonds is 61. The molecular formula is C96H148F2N13O24+. The van der Waals surface area contributed by atoms with E-state index in [1.807, 2.05) is 11.6 Å². The highest BCUT2D eigenvalue weighted by Crippen LogP contribution is 2.72. The number of alkyl carbamates (subject to hydrolysis) is 1. The molecule has 1 aliphatic heterocycles. The first-order chi connectivity index (χ1) is 64.9. The van der Waals surface area contributed by atoms with Gasteiger partial charge >= 0.3 is 12.1 Å². The Morgan fingerprint density at radius 1 is 0.674 bits per heavy atom. The number of urea groups is 1. The van der Waals surface area contributed by atoms with Gasteiger partial charge in [0.2, 0.25) is 41.2 Å². The van der Waals surface area contributed by atoms with Crippen LogP contribution < -0.4 is 53.0 Å². The molecule has 39 heteroatoms. The van der Waals surface area contributed by atoms with Crippen LogP contribution in [0.5, 0.6) is 5.75 Å². The number of allylic oxidation sites excluding steroid dienone is 4. The van der Waals surface area contributed by atoms with Crippen LogP contribution in [0.2, 0.25) is 0 Å². The predicted octanol–water partition coefficient (Wildman–Crippen LogP) is 5.99. The molecule has 1 aromatic heterocycles. The van der Waals surface area contributed by atoms with Gasteiger partial charge in [-0.25, -0.2) is 23.1 Å². The SMILES string of the molecule is CCCC1O[C@@H]2C[C@H]3[C@@H]4C[C@H](F)C5=CC(=O)C=C[C@]5(C)[C@@]4(F)[C@@H](O)C[C@]3(C)[C@]2(C(=O)COc2ccc(NC(=O)[C@H](CCCNC(N)=O)NC(=O)[C@@H](NC(=O)[C@@H](CCCCNC(=O)COC3CCCCCc4c3nnn4CCOCCOCCOCCOCCC(=O)NCC[N+](C)(C)C)NC(=O)CCOCCOCCOCCOCCNC(=O)OCC3[C@H]4CCC#CCC[C@@H]34)C(C)C)cc2)O1. The average molecular weight is 1910 g/mol. The van der Waals surface area contributed by atoms with Crippen molar-refractivity contribution in [3.8, 4) is 17.6 Å². The third-order valence-corrected chi connectivity index (χ3v) is 27.1. The van der Waals surface area contributed by atoms with Gasteiger partial charge in [-0.05, 0) is 168 Å². The quantitative estimate of drug-likeness (QED) is 0.0206. The van der Waals surface area contributed by atoms with Crippen LogP contribution in [-0.4, -0.2) is 317 Å². The molecule has 8 aliphatic rings. The lowest BCUT2D eigenvalue weighted by atomic mass is 9.44. The molecule has 0 radical (unpaired) electrons. The van der Waals surface area contributed by atoms with Crippen LogP contribution in [0.4, 0.5) is 24.1 Å². The number of ether oxygens (including phenoxy) is 13. The van der Waals surface area contributed by atoms with E-state index in [9.17, 15) is 48.3 Å². The summed E-state index contributed by atoms with van der Waals surface area (Å²) in [7, 11) is 6.21. The maximum Gasteiger partial charge on any atom is 0.407 e. The Morgan fingerprint density at radius 3 is 1.93 bits per heavy atom. The number of carbonyl (C=O) groups is 10. The molecule has 5 fully saturated rings. The van der Waals surface area contributed by atoms with E-state index in [0.29, 0.717) is 154 Å². The number of hydrogen-bond acceptors (Lipinski definition) is 26. The summed E-state index contributed by atoms with van der Waals surface area (Å²) >= 11 is 0. The number of benzene rings is 1. The first-order valence-corrected chi connectivity index (χ1v) is 48.6. The zero-order valence-corrected chi connectivity index (χ0v) is 80.1. The van der Waals surface area contributed by atoms with E-state index >= 15 is 13.6 Å². The number of carbonyl (C=O) groups excluding carboxylic acids is 10. The van der Waals surface area contributed by atoms with E-state index in [2.05, 4.69) is 85.8 Å². The number of anilines is 1. The highest BCUT2D eigenvalue weighted by Gasteiger charge is 2.80. The Labute approximate surface area is 791 Å². The second-order valence-electron chi connectivity index (χ2n) is 38.0. The lowest BCUT2D eigenvalue weighted by molar-refractivity contribution is -0.869. The maximum atomic E-state index is 18.2. The number of primary amides is 1. The number of halogens is 2. The molecule has 2 heterocycles. The smallest absolute Gasteiger partial charge is 0.407 e. The average Bonchev–Trinajstić information content (AvgIpc) is 1.44. The molecule has 0 spiro atoms. The number of quaternary nitrogens is 1. The number of nitrogens with zero attached hydrogens (tertiary/aromatic N) is 4. The summed E-state index contributed by atoms with van der Waals surface area (Å²) in [5.74, 6) is 1.74. The fraction of sp³-hybridized carbons (Fsp3) is 0.750. The van der Waals surface area contributed by atoms with Crippen LogP contribution in [0.3, 0.4) is 0 Å². The number of amides is 9. The first kappa shape index (κ1) is 108. The number of fused-ring (bicyclic) bond motifs is 9. The van der Waals surface area contributed by atoms with Gasteiger partial charge in [-0.2, -0.15) is 0 Å². The standard InChI is InChI=1S/C96H147F2N13O24/c1-9-20-85-134-81-59-71-72-58-74(97)73-57-66(112)31-34-93(73,4)95(72,98)79(113)60-94(71,5)96(81,135-85)80(114)62-131-67-29-27-65(28-30-67)104-88(118)76(24-19-36-102-91(99)121)106-90(120)86(64(2)3)107-89(119)75(105-83(116)33-42-124-46-50-128-53-55-129-51-47-125-43-38-103-92(122)133-61-70-68-21-13-10-11-14-22-69(68)70)23-17-18-35-100-84(117)63-132-78-26-16-12-15-25-77-87(78)108-109-110(77)39-44-126-48-52-130-56-54-127-49-45-123-41-32-82(115)101-37-40-111(6,7)8/h27-31,34,57,64,68-72,74-76,78-79,81,85-86,113H,9,12-26,32-33,35-56,58-63H2,1-8H3,(H9-,99,100,101,102,103,104,105,106,107,115,116,117,118,119,120,121,122)/p+1/t68-,69+,70?,71-,72-,74-,75+,76-,78?,79-,81+,85?,86-,93-,94-,95-,96+/m0/s1. The van der Waals surface area contributed by atoms with E-state index in [1.165, 1.54) is 43.3 Å². The fourth-order valence-corrected chi connectivity index (χ4v) is 19.8. The Hall–Kier alpha value is -8.76. The van der Waals surface area contributed by atoms with Crippen molar-refractivity contribution in [3.05, 3.63) is 59.5 Å². The minimum Gasteiger partial charge on any atom is -0.486 e. The van der Waals surface area contributed by atoms with Gasteiger partial charge in [-0.1, -0.05) is 58.2 Å². The third kappa shape index (κ3) is 31.4. The van der Waals surface area contributed by atoms with Crippen molar-refractivity contribution < 1.29 is 128 Å². The van der Waals surface area contributed by atoms with E-state index < -0.39 is 143 Å². The van der Waals surface area contributed by atoms with Crippen LogP contribution in [0.15, 0.2) is 48.1 Å². The second kappa shape index (κ2) is 54.0. The molecular weight excluding hydrogens is 1760 g/mol. The van der Waals surface area contributed by atoms with E-state index in [0.717, 1.165) is 74.2 Å². The second-order valence-corrected chi connectivity index (χ2v) is 38.0. The van der Waals surface area contributed by atoms with Crippen LogP contribution >= 0.6 is 0 Å². The van der Waals surface area contributed by atoms with Crippen molar-refractivity contribution in [2.24, 2.45) is 52.1 Å². The number of hydrogen-bond donors (Lipinski definition) is 10. The number of Topliss-reactive ketones (excluding diaryl/α,β-unsaturated/α-hetero) is 1. The molecule has 11 N–H and O–H groups in total. The molecule has 7 aliphatic carbocycles. The van der Waals surface area contributed by atoms with Crippen LogP contribution in [0, 0.1) is 58.2 Å². The lowest BCUT2D eigenvalue weighted by Gasteiger charge is -2.63. The van der Waals surface area contributed by atoms with Crippen LogP contribution in [-0.2, 0) is 108 Å². The molecule has 37 nitrogen and oxygen atoms in total. The summed E-state index contributed by atoms with van der Waals surface area (Å²) < 4.78 is 113. The zero-order valence-electron chi connectivity index (χ0n) is 80.1. The number of nitrogens with one attached hydrogen (secondary N) is 8. The van der Waals surface area contributed by atoms with E-state index in [1.54, 1.807) is 20.8 Å². The number of alkyl halides is 2. The molecule has 1 aromatic carbocycles. The summed E-state index contributed by atoms with van der Waals surface area (Å²) in [5.41, 5.74) is 0.177. The third-order valence-electron chi connectivity index (χ3n) is 27.1. The first-order valence-electron chi connectivity index (χ1n) is 48.6. The molecule has 135 heavy (non-hydrogen) atoms. The van der Waals surface area contributed by atoms with Crippen molar-refractivity contribution >= 4 is 64.8 Å². The van der Waals surface area contributed by atoms with Gasteiger partial charge in [0.1, 0.15) is 55.1 Å². The minimum atomic E-state index is -2.40. The molecule has 754 valence electrons. The molecule has 1 saturated heterocycles. The van der Waals surface area contributed by atoms with Crippen molar-refractivity contribution in [2.45, 2.75) is 236 Å². The summed E-state index contributed by atoms with van der Waals surface area (Å²) in [6, 6.07) is 1.50. The van der Waals surface area contributed by atoms with Crippen molar-refractivity contribution in [3.63, 3.8) is 0 Å². The molecule has 9 amide bonds. The normalized spacial score (nSPS) is 26.0. The van der Waals surface area contributed by atoms with Crippen LogP contribution in [0.1, 0.15) is 181 Å². The van der Waals surface area contributed by atoms with Gasteiger partial charge in [0.05, 0.1) is 171 Å². The van der Waals surface area contributed by atoms with Crippen molar-refractivity contribution in [2.75, 3.05) is 185 Å². The monoisotopic (exact) mass is 1910 g/mol. The Kier molecular flexibility index (Phi) is 43.3. The molecule has 17 atom stereocenters. The lowest BCUT2D eigenvalue weighted by Crippen LogP contribution is -2.71. The number of nitrogens with two attached hydrogens (primary N) is 1. The van der Waals surface area contributed by atoms with Gasteiger partial charge in [0, 0.05) is 67.8 Å². The summed E-state index contributed by atoms with van der Waals surface area (Å²) in [6.45, 7) is 15.3. The summed E-state index contributed by atoms with van der Waals surface area (Å²) in [5, 5.41) is 43.4. The number of unbranched alkanes of at least 4 members (excludes halogenated alkanes) is 1. The van der Waals surface area contributed by atoms with Gasteiger partial charge in [0.15, 0.2) is 23.3 Å². The number of likely N-dealkylation sites (N-methyl/N-ethyl adjacent to an activating group) is 1. The Morgan fingerprint density at radius 2 is 1.29 bits per heavy atom. The number of aliphatic hydroxyl groups is 1. The molecule has 0 bridgehead atoms. The van der Waals surface area contributed by atoms with Gasteiger partial charge < -0.3 is 119 Å². The van der Waals surface area contributed by atoms with Crippen molar-refractivity contribution in [1.82, 2.24) is 52.2 Å². The zero-order chi connectivity index (χ0) is 97.0. The summed E-state index contributed by atoms with van der Waals surface area (Å²) in [4.78, 5) is 134. The van der Waals surface area contributed by atoms with E-state index in [4.69, 9.17) is 67.3 Å². The largest absolute Gasteiger partial charge is 0.486 e. The number of aromatic nitrogens is 3. The Bertz CT molecular complexity index is 4280. The Balaban J connectivity index is 0.681. The predicted molar refractivity (Wildman–Crippen MR) is 490 cm³/mol. The van der Waals surface area contributed by atoms with Gasteiger partial charge in [-0.3, -0.25) is 38.4 Å². The van der Waals surface area contributed by atoms with Crippen molar-refractivity contribution in [1.29, 1.82) is 0 Å².